The van der Waals surface area contributed by atoms with Crippen molar-refractivity contribution in [2.24, 2.45) is 10.2 Å². The number of aromatic hydroxyl groups is 1. The summed E-state index contributed by atoms with van der Waals surface area (Å²) < 4.78 is 0. The van der Waals surface area contributed by atoms with E-state index in [1.807, 2.05) is 0 Å². The van der Waals surface area contributed by atoms with Gasteiger partial charge in [0.25, 0.3) is 0 Å². The van der Waals surface area contributed by atoms with Gasteiger partial charge in [-0.05, 0) is 6.08 Å². The molecule has 1 aliphatic rings. The van der Waals surface area contributed by atoms with E-state index in [1.54, 1.807) is 18.5 Å². The van der Waals surface area contributed by atoms with Crippen molar-refractivity contribution in [1.29, 1.82) is 0 Å². The van der Waals surface area contributed by atoms with E-state index >= 15 is 0 Å². The molecule has 0 atom stereocenters. The molecule has 0 amide bonds. The highest BCUT2D eigenvalue weighted by Crippen LogP contribution is 2.19. The van der Waals surface area contributed by atoms with Gasteiger partial charge in [0.05, 0.1) is 17.3 Å². The zero-order valence-electron chi connectivity index (χ0n) is 6.39. The highest BCUT2D eigenvalue weighted by atomic mass is 32.1. The van der Waals surface area contributed by atoms with Gasteiger partial charge in [0, 0.05) is 5.57 Å². The summed E-state index contributed by atoms with van der Waals surface area (Å²) in [6.07, 6.45) is 4.73. The van der Waals surface area contributed by atoms with Gasteiger partial charge in [-0.1, -0.05) is 11.3 Å². The zero-order valence-corrected chi connectivity index (χ0v) is 7.21. The van der Waals surface area contributed by atoms with Crippen LogP contribution >= 0.6 is 11.3 Å². The molecular weight excluding hydrogens is 190 g/mol. The van der Waals surface area contributed by atoms with Crippen molar-refractivity contribution < 1.29 is 5.11 Å². The predicted octanol–water partition coefficient (Wildman–Crippen LogP) is 0.596. The Hall–Kier alpha value is -1.69. The number of rotatable bonds is 1. The fourth-order valence-electron chi connectivity index (χ4n) is 0.889. The Labute approximate surface area is 76.8 Å². The van der Waals surface area contributed by atoms with E-state index in [4.69, 9.17) is 0 Å². The highest BCUT2D eigenvalue weighted by molar-refractivity contribution is 7.10. The number of allylic oxidation sites excluding steroid dienone is 1. The molecule has 0 spiro atoms. The second-order valence-corrected chi connectivity index (χ2v) is 3.38. The van der Waals surface area contributed by atoms with E-state index in [2.05, 4.69) is 15.2 Å². The molecule has 0 radical (unpaired) electrons. The maximum atomic E-state index is 10.8. The molecule has 66 valence electrons. The van der Waals surface area contributed by atoms with Crippen LogP contribution in [0.15, 0.2) is 20.6 Å². The molecule has 0 aliphatic carbocycles. The smallest absolute Gasteiger partial charge is 0.307 e. The Morgan fingerprint density at radius 2 is 2.15 bits per heavy atom. The van der Waals surface area contributed by atoms with E-state index in [0.717, 1.165) is 16.9 Å². The van der Waals surface area contributed by atoms with Gasteiger partial charge >= 0.3 is 4.87 Å². The van der Waals surface area contributed by atoms with Crippen LogP contribution < -0.4 is 4.87 Å². The van der Waals surface area contributed by atoms with Crippen molar-refractivity contribution in [3.8, 4) is 5.88 Å². The van der Waals surface area contributed by atoms with E-state index < -0.39 is 0 Å². The van der Waals surface area contributed by atoms with Gasteiger partial charge in [0.1, 0.15) is 0 Å². The highest BCUT2D eigenvalue weighted by Gasteiger charge is 2.04. The third-order valence-electron chi connectivity index (χ3n) is 1.43. The summed E-state index contributed by atoms with van der Waals surface area (Å²) in [5, 5.41) is 16.4. The second kappa shape index (κ2) is 2.98. The zero-order chi connectivity index (χ0) is 9.26. The van der Waals surface area contributed by atoms with E-state index in [1.165, 1.54) is 0 Å². The summed E-state index contributed by atoms with van der Waals surface area (Å²) in [5.74, 6) is -0.115. The van der Waals surface area contributed by atoms with Gasteiger partial charge in [-0.15, -0.1) is 0 Å². The number of nitrogens with one attached hydrogen (secondary N) is 1. The first-order valence-corrected chi connectivity index (χ1v) is 4.27. The molecule has 0 unspecified atom stereocenters. The predicted molar refractivity (Wildman–Crippen MR) is 51.6 cm³/mol. The minimum absolute atomic E-state index is 0.115. The number of hydrogen-bond donors (Lipinski definition) is 2. The molecule has 2 N–H and O–H groups in total. The van der Waals surface area contributed by atoms with Crippen molar-refractivity contribution in [2.45, 2.75) is 0 Å². The molecule has 0 saturated heterocycles. The molecular formula is C7H5N3O2S. The quantitative estimate of drug-likeness (QED) is 0.688. The van der Waals surface area contributed by atoms with E-state index in [9.17, 15) is 9.90 Å². The van der Waals surface area contributed by atoms with Crippen LogP contribution in [0.2, 0.25) is 0 Å². The lowest BCUT2D eigenvalue weighted by Crippen LogP contribution is -1.89. The SMILES string of the molecule is O=c1[nH]c(O)c(C=C2C=NN=C2)s1. The van der Waals surface area contributed by atoms with Gasteiger partial charge < -0.3 is 5.11 Å². The number of H-pyrrole nitrogens is 1. The molecule has 0 aromatic carbocycles. The Kier molecular flexibility index (Phi) is 1.82. The Bertz CT molecular complexity index is 452. The number of hydrogen-bond acceptors (Lipinski definition) is 5. The molecule has 0 saturated carbocycles. The molecule has 13 heavy (non-hydrogen) atoms. The van der Waals surface area contributed by atoms with Crippen LogP contribution in [0.25, 0.3) is 6.08 Å². The monoisotopic (exact) mass is 195 g/mol. The molecule has 1 aromatic heterocycles. The van der Waals surface area contributed by atoms with Crippen molar-refractivity contribution in [1.82, 2.24) is 4.98 Å². The first kappa shape index (κ1) is 7.93. The topological polar surface area (TPSA) is 77.8 Å². The molecule has 1 aliphatic heterocycles. The minimum atomic E-state index is -0.281. The van der Waals surface area contributed by atoms with Crippen LogP contribution in [0.1, 0.15) is 4.88 Å². The Morgan fingerprint density at radius 1 is 1.46 bits per heavy atom. The molecule has 0 bridgehead atoms. The van der Waals surface area contributed by atoms with Crippen molar-refractivity contribution >= 4 is 29.8 Å². The summed E-state index contributed by atoms with van der Waals surface area (Å²) in [6.45, 7) is 0. The Morgan fingerprint density at radius 3 is 2.69 bits per heavy atom. The van der Waals surface area contributed by atoms with Crippen LogP contribution in [-0.4, -0.2) is 22.5 Å². The average molecular weight is 195 g/mol. The fourth-order valence-corrected chi connectivity index (χ4v) is 1.58. The van der Waals surface area contributed by atoms with Gasteiger partial charge in [0.2, 0.25) is 5.88 Å². The normalized spacial score (nSPS) is 14.0. The summed E-state index contributed by atoms with van der Waals surface area (Å²) in [5.41, 5.74) is 0.755. The van der Waals surface area contributed by atoms with Gasteiger partial charge in [-0.25, -0.2) is 0 Å². The third kappa shape index (κ3) is 1.57. The number of thiazole rings is 1. The minimum Gasteiger partial charge on any atom is -0.493 e. The van der Waals surface area contributed by atoms with E-state index in [-0.39, 0.29) is 10.8 Å². The van der Waals surface area contributed by atoms with Crippen molar-refractivity contribution in [2.75, 3.05) is 0 Å². The van der Waals surface area contributed by atoms with Crippen LogP contribution in [0, 0.1) is 0 Å². The maximum Gasteiger partial charge on any atom is 0.307 e. The summed E-state index contributed by atoms with van der Waals surface area (Å²) in [7, 11) is 0. The molecule has 5 nitrogen and oxygen atoms in total. The standard InChI is InChI=1S/C7H5N3O2S/c11-6-5(13-7(12)10-6)1-4-2-8-9-3-4/h1-3,11H,(H,10,12). The molecule has 2 rings (SSSR count). The molecule has 2 heterocycles. The van der Waals surface area contributed by atoms with Crippen molar-refractivity contribution in [3.05, 3.63) is 20.1 Å². The molecule has 6 heteroatoms. The number of aromatic nitrogens is 1. The first-order valence-electron chi connectivity index (χ1n) is 3.46. The van der Waals surface area contributed by atoms with Gasteiger partial charge in [-0.3, -0.25) is 9.78 Å². The third-order valence-corrected chi connectivity index (χ3v) is 2.25. The Balaban J connectivity index is 2.42. The first-order chi connectivity index (χ1) is 6.25. The lowest BCUT2D eigenvalue weighted by molar-refractivity contribution is 0.455. The van der Waals surface area contributed by atoms with Crippen LogP contribution in [0.3, 0.4) is 0 Å². The van der Waals surface area contributed by atoms with Gasteiger partial charge in [-0.2, -0.15) is 10.2 Å². The lowest BCUT2D eigenvalue weighted by Gasteiger charge is -1.86. The maximum absolute atomic E-state index is 10.8. The largest absolute Gasteiger partial charge is 0.493 e. The molecule has 1 aromatic rings. The summed E-state index contributed by atoms with van der Waals surface area (Å²) in [6, 6.07) is 0. The molecule has 0 fully saturated rings. The fraction of sp³-hybridized carbons (Fsp3) is 0. The van der Waals surface area contributed by atoms with Crippen LogP contribution in [0.5, 0.6) is 5.88 Å². The summed E-state index contributed by atoms with van der Waals surface area (Å²) in [4.78, 5) is 13.3. The van der Waals surface area contributed by atoms with E-state index in [0.29, 0.717) is 4.88 Å². The average Bonchev–Trinajstić information content (AvgIpc) is 2.63. The van der Waals surface area contributed by atoms with Crippen molar-refractivity contribution in [3.63, 3.8) is 0 Å². The number of aromatic amines is 1. The summed E-state index contributed by atoms with van der Waals surface area (Å²) >= 11 is 0.940. The van der Waals surface area contributed by atoms with Crippen LogP contribution in [0.4, 0.5) is 0 Å². The number of nitrogens with zero attached hydrogens (tertiary/aromatic N) is 2. The second-order valence-electron chi connectivity index (χ2n) is 2.36. The van der Waals surface area contributed by atoms with Gasteiger partial charge in [0.15, 0.2) is 0 Å². The van der Waals surface area contributed by atoms with Crippen LogP contribution in [-0.2, 0) is 0 Å². The lowest BCUT2D eigenvalue weighted by atomic mass is 10.3.